The first-order valence-electron chi connectivity index (χ1n) is 10.6. The third-order valence-electron chi connectivity index (χ3n) is 6.25. The first kappa shape index (κ1) is 17.9. The molecule has 148 valence electrons. The predicted octanol–water partition coefficient (Wildman–Crippen LogP) is 7.21. The summed E-state index contributed by atoms with van der Waals surface area (Å²) < 4.78 is 8.70. The molecule has 0 amide bonds. The summed E-state index contributed by atoms with van der Waals surface area (Å²) in [4.78, 5) is 0. The highest BCUT2D eigenvalue weighted by molar-refractivity contribution is 6.18. The van der Waals surface area contributed by atoms with Gasteiger partial charge in [-0.2, -0.15) is 0 Å². The number of hydrogen-bond donors (Lipinski definition) is 0. The molecule has 0 radical (unpaired) electrons. The SMILES string of the molecule is Cc1ccccc1-c1c2c(cc[n+]1C)oc1c3cc(-c4ccccc4)ccc3ccc12. The second-order valence-corrected chi connectivity index (χ2v) is 8.18. The van der Waals surface area contributed by atoms with Gasteiger partial charge in [-0.3, -0.25) is 0 Å². The number of hydrogen-bond acceptors (Lipinski definition) is 1. The Bertz CT molecular complexity index is 1590. The maximum absolute atomic E-state index is 6.50. The van der Waals surface area contributed by atoms with Gasteiger partial charge in [0.2, 0.25) is 5.69 Å². The molecular formula is C29H22NO+. The molecule has 4 aromatic carbocycles. The van der Waals surface area contributed by atoms with E-state index in [2.05, 4.69) is 116 Å². The Balaban J connectivity index is 1.71. The van der Waals surface area contributed by atoms with Crippen LogP contribution in [0.4, 0.5) is 0 Å². The number of pyridine rings is 1. The maximum atomic E-state index is 6.50. The van der Waals surface area contributed by atoms with Gasteiger partial charge in [-0.25, -0.2) is 4.57 Å². The average Bonchev–Trinajstić information content (AvgIpc) is 3.19. The molecule has 2 nitrogen and oxygen atoms in total. The van der Waals surface area contributed by atoms with Gasteiger partial charge in [0.1, 0.15) is 23.6 Å². The highest BCUT2D eigenvalue weighted by Gasteiger charge is 2.22. The largest absolute Gasteiger partial charge is 0.455 e. The molecule has 0 aliphatic carbocycles. The summed E-state index contributed by atoms with van der Waals surface area (Å²) in [5, 5.41) is 4.66. The van der Waals surface area contributed by atoms with E-state index in [9.17, 15) is 0 Å². The van der Waals surface area contributed by atoms with Gasteiger partial charge >= 0.3 is 0 Å². The lowest BCUT2D eigenvalue weighted by atomic mass is 9.97. The number of furan rings is 1. The fourth-order valence-electron chi connectivity index (χ4n) is 4.66. The van der Waals surface area contributed by atoms with E-state index in [1.54, 1.807) is 0 Å². The number of nitrogens with zero attached hydrogens (tertiary/aromatic N) is 1. The molecule has 2 aromatic heterocycles. The van der Waals surface area contributed by atoms with Gasteiger partial charge in [0, 0.05) is 22.4 Å². The highest BCUT2D eigenvalue weighted by atomic mass is 16.3. The highest BCUT2D eigenvalue weighted by Crippen LogP contribution is 2.39. The smallest absolute Gasteiger partial charge is 0.224 e. The molecule has 0 unspecified atom stereocenters. The minimum Gasteiger partial charge on any atom is -0.455 e. The monoisotopic (exact) mass is 400 g/mol. The molecular weight excluding hydrogens is 378 g/mol. The number of rotatable bonds is 2. The van der Waals surface area contributed by atoms with Crippen LogP contribution in [-0.4, -0.2) is 0 Å². The Labute approximate surface area is 181 Å². The van der Waals surface area contributed by atoms with Crippen molar-refractivity contribution in [3.63, 3.8) is 0 Å². The lowest BCUT2D eigenvalue weighted by Gasteiger charge is -2.06. The molecule has 0 N–H and O–H groups in total. The quantitative estimate of drug-likeness (QED) is 0.281. The number of aromatic nitrogens is 1. The predicted molar refractivity (Wildman–Crippen MR) is 128 cm³/mol. The fraction of sp³-hybridized carbons (Fsp3) is 0.0690. The van der Waals surface area contributed by atoms with E-state index in [0.717, 1.165) is 21.9 Å². The van der Waals surface area contributed by atoms with Crippen molar-refractivity contribution in [2.75, 3.05) is 0 Å². The van der Waals surface area contributed by atoms with Crippen LogP contribution in [-0.2, 0) is 7.05 Å². The molecule has 2 heterocycles. The topological polar surface area (TPSA) is 17.0 Å². The van der Waals surface area contributed by atoms with E-state index < -0.39 is 0 Å². The molecule has 6 aromatic rings. The summed E-state index contributed by atoms with van der Waals surface area (Å²) in [7, 11) is 2.11. The lowest BCUT2D eigenvalue weighted by molar-refractivity contribution is -0.659. The third kappa shape index (κ3) is 2.76. The van der Waals surface area contributed by atoms with Crippen molar-refractivity contribution in [1.82, 2.24) is 0 Å². The molecule has 0 atom stereocenters. The van der Waals surface area contributed by atoms with Crippen LogP contribution in [0.5, 0.6) is 0 Å². The van der Waals surface area contributed by atoms with Crippen LogP contribution in [0.3, 0.4) is 0 Å². The van der Waals surface area contributed by atoms with Gasteiger partial charge in [0.25, 0.3) is 0 Å². The minimum atomic E-state index is 0.920. The van der Waals surface area contributed by atoms with Gasteiger partial charge < -0.3 is 4.42 Å². The number of benzene rings is 4. The van der Waals surface area contributed by atoms with Crippen molar-refractivity contribution in [2.45, 2.75) is 6.92 Å². The van der Waals surface area contributed by atoms with Crippen molar-refractivity contribution in [2.24, 2.45) is 7.05 Å². The summed E-state index contributed by atoms with van der Waals surface area (Å²) in [6.07, 6.45) is 2.09. The van der Waals surface area contributed by atoms with E-state index in [4.69, 9.17) is 4.42 Å². The fourth-order valence-corrected chi connectivity index (χ4v) is 4.66. The van der Waals surface area contributed by atoms with E-state index >= 15 is 0 Å². The second-order valence-electron chi connectivity index (χ2n) is 8.18. The Morgan fingerprint density at radius 3 is 2.32 bits per heavy atom. The molecule has 0 saturated heterocycles. The minimum absolute atomic E-state index is 0.920. The van der Waals surface area contributed by atoms with Crippen LogP contribution in [0.15, 0.2) is 102 Å². The van der Waals surface area contributed by atoms with Gasteiger partial charge in [0.05, 0.1) is 0 Å². The summed E-state index contributed by atoms with van der Waals surface area (Å²) in [6, 6.07) is 32.2. The standard InChI is InChI=1S/C29H22NO/c1-19-8-6-7-11-23(19)28-27-24-15-14-21-12-13-22(20-9-4-3-5-10-20)18-25(21)29(24)31-26(27)16-17-30(28)2/h3-18H,1-2H3/q+1. The van der Waals surface area contributed by atoms with Crippen LogP contribution < -0.4 is 4.57 Å². The van der Waals surface area contributed by atoms with E-state index in [1.807, 2.05) is 0 Å². The number of fused-ring (bicyclic) bond motifs is 5. The summed E-state index contributed by atoms with van der Waals surface area (Å²) in [5.41, 5.74) is 7.96. The molecule has 2 heteroatoms. The molecule has 6 rings (SSSR count). The molecule has 0 aliphatic rings. The Morgan fingerprint density at radius 2 is 1.48 bits per heavy atom. The zero-order chi connectivity index (χ0) is 20.9. The summed E-state index contributed by atoms with van der Waals surface area (Å²) in [6.45, 7) is 2.16. The van der Waals surface area contributed by atoms with Gasteiger partial charge in [-0.1, -0.05) is 66.7 Å². The van der Waals surface area contributed by atoms with E-state index in [-0.39, 0.29) is 0 Å². The van der Waals surface area contributed by atoms with Crippen LogP contribution in [0.25, 0.3) is 55.1 Å². The van der Waals surface area contributed by atoms with Crippen LogP contribution in [0, 0.1) is 6.92 Å². The molecule has 0 fully saturated rings. The normalized spacial score (nSPS) is 11.5. The first-order chi connectivity index (χ1) is 15.2. The molecule has 0 spiro atoms. The molecule has 0 bridgehead atoms. The Hall–Kier alpha value is -3.91. The first-order valence-corrected chi connectivity index (χ1v) is 10.6. The number of aryl methyl sites for hydroxylation is 2. The van der Waals surface area contributed by atoms with Crippen molar-refractivity contribution in [3.8, 4) is 22.4 Å². The van der Waals surface area contributed by atoms with E-state index in [1.165, 1.54) is 38.7 Å². The zero-order valence-corrected chi connectivity index (χ0v) is 17.6. The van der Waals surface area contributed by atoms with E-state index in [0.29, 0.717) is 0 Å². The van der Waals surface area contributed by atoms with Crippen LogP contribution >= 0.6 is 0 Å². The van der Waals surface area contributed by atoms with Gasteiger partial charge in [0.15, 0.2) is 6.20 Å². The van der Waals surface area contributed by atoms with Crippen molar-refractivity contribution in [1.29, 1.82) is 0 Å². The molecule has 0 aliphatic heterocycles. The van der Waals surface area contributed by atoms with Gasteiger partial charge in [-0.15, -0.1) is 0 Å². The van der Waals surface area contributed by atoms with Crippen molar-refractivity contribution < 1.29 is 8.98 Å². The summed E-state index contributed by atoms with van der Waals surface area (Å²) in [5.74, 6) is 0. The third-order valence-corrected chi connectivity index (χ3v) is 6.25. The Kier molecular flexibility index (Phi) is 3.94. The average molecular weight is 401 g/mol. The van der Waals surface area contributed by atoms with Crippen molar-refractivity contribution in [3.05, 3.63) is 103 Å². The zero-order valence-electron chi connectivity index (χ0n) is 17.6. The second kappa shape index (κ2) is 6.82. The van der Waals surface area contributed by atoms with Crippen molar-refractivity contribution >= 4 is 32.7 Å². The van der Waals surface area contributed by atoms with Gasteiger partial charge in [-0.05, 0) is 47.2 Å². The lowest BCUT2D eigenvalue weighted by Crippen LogP contribution is -2.30. The van der Waals surface area contributed by atoms with Crippen LogP contribution in [0.1, 0.15) is 5.56 Å². The molecule has 31 heavy (non-hydrogen) atoms. The Morgan fingerprint density at radius 1 is 0.710 bits per heavy atom. The molecule has 0 saturated carbocycles. The maximum Gasteiger partial charge on any atom is 0.224 e. The van der Waals surface area contributed by atoms with Crippen LogP contribution in [0.2, 0.25) is 0 Å². The summed E-state index contributed by atoms with van der Waals surface area (Å²) >= 11 is 0.